The maximum atomic E-state index is 12.6. The average molecular weight is 377 g/mol. The van der Waals surface area contributed by atoms with Gasteiger partial charge < -0.3 is 9.73 Å². The summed E-state index contributed by atoms with van der Waals surface area (Å²) < 4.78 is 5.80. The zero-order chi connectivity index (χ0) is 19.0. The van der Waals surface area contributed by atoms with Crippen LogP contribution in [0.4, 0.5) is 5.69 Å². The van der Waals surface area contributed by atoms with E-state index in [-0.39, 0.29) is 5.91 Å². The number of carbonyl (C=O) groups is 1. The molecule has 0 spiro atoms. The van der Waals surface area contributed by atoms with Crippen molar-refractivity contribution >= 4 is 34.3 Å². The number of rotatable bonds is 3. The number of fused-ring (bicyclic) bond motifs is 1. The predicted molar refractivity (Wildman–Crippen MR) is 108 cm³/mol. The quantitative estimate of drug-likeness (QED) is 0.475. The summed E-state index contributed by atoms with van der Waals surface area (Å²) in [7, 11) is 0. The van der Waals surface area contributed by atoms with Crippen LogP contribution < -0.4 is 5.32 Å². The van der Waals surface area contributed by atoms with Gasteiger partial charge in [-0.1, -0.05) is 29.3 Å². The molecule has 0 atom stereocenters. The summed E-state index contributed by atoms with van der Waals surface area (Å²) in [5.74, 6) is 0.368. The Morgan fingerprint density at radius 3 is 2.52 bits per heavy atom. The molecule has 0 aliphatic carbocycles. The van der Waals surface area contributed by atoms with Gasteiger partial charge in [0.1, 0.15) is 5.52 Å². The molecular formula is C22H17ClN2O2. The summed E-state index contributed by atoms with van der Waals surface area (Å²) >= 11 is 5.93. The number of nitrogens with one attached hydrogen (secondary N) is 1. The molecule has 0 aliphatic heterocycles. The van der Waals surface area contributed by atoms with Crippen molar-refractivity contribution in [2.24, 2.45) is 0 Å². The van der Waals surface area contributed by atoms with Gasteiger partial charge in [0, 0.05) is 21.8 Å². The molecule has 5 heteroatoms. The molecule has 0 bridgehead atoms. The number of carbonyl (C=O) groups excluding carboxylic acids is 1. The van der Waals surface area contributed by atoms with Gasteiger partial charge in [-0.15, -0.1) is 0 Å². The Labute approximate surface area is 161 Å². The minimum absolute atomic E-state index is 0.145. The number of oxazole rings is 1. The molecule has 4 nitrogen and oxygen atoms in total. The first-order valence-electron chi connectivity index (χ1n) is 8.55. The zero-order valence-electron chi connectivity index (χ0n) is 14.9. The lowest BCUT2D eigenvalue weighted by atomic mass is 10.1. The van der Waals surface area contributed by atoms with E-state index >= 15 is 0 Å². The third kappa shape index (κ3) is 3.57. The topological polar surface area (TPSA) is 55.1 Å². The van der Waals surface area contributed by atoms with Gasteiger partial charge in [-0.05, 0) is 67.9 Å². The van der Waals surface area contributed by atoms with Gasteiger partial charge in [-0.3, -0.25) is 4.79 Å². The maximum Gasteiger partial charge on any atom is 0.255 e. The highest BCUT2D eigenvalue weighted by Gasteiger charge is 2.12. The van der Waals surface area contributed by atoms with Gasteiger partial charge >= 0.3 is 0 Å². The van der Waals surface area contributed by atoms with Crippen LogP contribution in [0.2, 0.25) is 5.02 Å². The van der Waals surface area contributed by atoms with E-state index in [1.807, 2.05) is 44.2 Å². The molecule has 134 valence electrons. The van der Waals surface area contributed by atoms with Crippen LogP contribution in [0.15, 0.2) is 65.1 Å². The normalized spacial score (nSPS) is 10.9. The first-order chi connectivity index (χ1) is 13.0. The van der Waals surface area contributed by atoms with Crippen LogP contribution in [0.5, 0.6) is 0 Å². The number of aromatic nitrogens is 1. The number of hydrogen-bond donors (Lipinski definition) is 1. The average Bonchev–Trinajstić information content (AvgIpc) is 3.05. The van der Waals surface area contributed by atoms with Crippen molar-refractivity contribution in [3.63, 3.8) is 0 Å². The lowest BCUT2D eigenvalue weighted by molar-refractivity contribution is 0.102. The van der Waals surface area contributed by atoms with Crippen LogP contribution in [-0.4, -0.2) is 10.9 Å². The number of hydrogen-bond acceptors (Lipinski definition) is 3. The molecule has 1 amide bonds. The Kier molecular flexibility index (Phi) is 4.42. The second-order valence-corrected chi connectivity index (χ2v) is 6.92. The molecule has 27 heavy (non-hydrogen) atoms. The lowest BCUT2D eigenvalue weighted by Gasteiger charge is -2.08. The molecule has 0 unspecified atom stereocenters. The molecule has 0 saturated carbocycles. The standard InChI is InChI=1S/C22H17ClN2O2/c1-13-3-9-18(14(2)11-13)21(26)24-17-8-10-20-19(12-17)25-22(27-20)15-4-6-16(23)7-5-15/h3-12H,1-2H3,(H,24,26). The summed E-state index contributed by atoms with van der Waals surface area (Å²) in [5, 5.41) is 3.59. The SMILES string of the molecule is Cc1ccc(C(=O)Nc2ccc3oc(-c4ccc(Cl)cc4)nc3c2)c(C)c1. The van der Waals surface area contributed by atoms with Crippen LogP contribution in [0, 0.1) is 13.8 Å². The first-order valence-corrected chi connectivity index (χ1v) is 8.92. The molecule has 3 aromatic carbocycles. The van der Waals surface area contributed by atoms with Crippen molar-refractivity contribution in [2.45, 2.75) is 13.8 Å². The van der Waals surface area contributed by atoms with Crippen molar-refractivity contribution in [3.8, 4) is 11.5 Å². The molecule has 0 radical (unpaired) electrons. The Bertz CT molecular complexity index is 1150. The molecule has 4 rings (SSSR count). The molecule has 0 saturated heterocycles. The van der Waals surface area contributed by atoms with E-state index in [2.05, 4.69) is 10.3 Å². The third-order valence-electron chi connectivity index (χ3n) is 4.36. The Morgan fingerprint density at radius 2 is 1.78 bits per heavy atom. The molecule has 4 aromatic rings. The van der Waals surface area contributed by atoms with Crippen LogP contribution in [-0.2, 0) is 0 Å². The minimum atomic E-state index is -0.145. The third-order valence-corrected chi connectivity index (χ3v) is 4.62. The number of anilines is 1. The number of halogens is 1. The predicted octanol–water partition coefficient (Wildman–Crippen LogP) is 6.02. The van der Waals surface area contributed by atoms with Gasteiger partial charge in [0.15, 0.2) is 5.58 Å². The fourth-order valence-electron chi connectivity index (χ4n) is 2.99. The highest BCUT2D eigenvalue weighted by Crippen LogP contribution is 2.27. The van der Waals surface area contributed by atoms with E-state index in [9.17, 15) is 4.79 Å². The maximum absolute atomic E-state index is 12.6. The van der Waals surface area contributed by atoms with E-state index in [1.165, 1.54) is 0 Å². The van der Waals surface area contributed by atoms with Crippen LogP contribution in [0.1, 0.15) is 21.5 Å². The number of amides is 1. The van der Waals surface area contributed by atoms with Crippen molar-refractivity contribution in [1.82, 2.24) is 4.98 Å². The summed E-state index contributed by atoms with van der Waals surface area (Å²) in [5.41, 5.74) is 5.58. The largest absolute Gasteiger partial charge is 0.436 e. The van der Waals surface area contributed by atoms with Crippen LogP contribution in [0.3, 0.4) is 0 Å². The van der Waals surface area contributed by atoms with Crippen LogP contribution in [0.25, 0.3) is 22.6 Å². The van der Waals surface area contributed by atoms with E-state index < -0.39 is 0 Å². The second kappa shape index (κ2) is 6.89. The van der Waals surface area contributed by atoms with Crippen molar-refractivity contribution in [1.29, 1.82) is 0 Å². The van der Waals surface area contributed by atoms with Crippen molar-refractivity contribution in [2.75, 3.05) is 5.32 Å². The molecular weight excluding hydrogens is 360 g/mol. The molecule has 1 N–H and O–H groups in total. The first kappa shape index (κ1) is 17.3. The van der Waals surface area contributed by atoms with E-state index in [1.54, 1.807) is 30.3 Å². The van der Waals surface area contributed by atoms with Crippen molar-refractivity contribution in [3.05, 3.63) is 82.4 Å². The summed E-state index contributed by atoms with van der Waals surface area (Å²) in [6, 6.07) is 18.5. The summed E-state index contributed by atoms with van der Waals surface area (Å²) in [6.07, 6.45) is 0. The molecule has 0 aliphatic rings. The highest BCUT2D eigenvalue weighted by molar-refractivity contribution is 6.30. The van der Waals surface area contributed by atoms with Gasteiger partial charge in [0.25, 0.3) is 5.91 Å². The Morgan fingerprint density at radius 1 is 1.00 bits per heavy atom. The molecule has 1 heterocycles. The molecule has 1 aromatic heterocycles. The zero-order valence-corrected chi connectivity index (χ0v) is 15.7. The molecule has 0 fully saturated rings. The number of aryl methyl sites for hydroxylation is 2. The second-order valence-electron chi connectivity index (χ2n) is 6.48. The Hall–Kier alpha value is -3.11. The number of benzene rings is 3. The smallest absolute Gasteiger partial charge is 0.255 e. The van der Waals surface area contributed by atoms with Gasteiger partial charge in [0.05, 0.1) is 0 Å². The van der Waals surface area contributed by atoms with Gasteiger partial charge in [-0.2, -0.15) is 0 Å². The number of nitrogens with zero attached hydrogens (tertiary/aromatic N) is 1. The monoisotopic (exact) mass is 376 g/mol. The summed E-state index contributed by atoms with van der Waals surface area (Å²) in [6.45, 7) is 3.94. The van der Waals surface area contributed by atoms with Gasteiger partial charge in [-0.25, -0.2) is 4.98 Å². The fourth-order valence-corrected chi connectivity index (χ4v) is 3.11. The van der Waals surface area contributed by atoms with E-state index in [4.69, 9.17) is 16.0 Å². The Balaban J connectivity index is 1.61. The van der Waals surface area contributed by atoms with Gasteiger partial charge in [0.2, 0.25) is 5.89 Å². The summed E-state index contributed by atoms with van der Waals surface area (Å²) in [4.78, 5) is 17.1. The highest BCUT2D eigenvalue weighted by atomic mass is 35.5. The minimum Gasteiger partial charge on any atom is -0.436 e. The van der Waals surface area contributed by atoms with Crippen LogP contribution >= 0.6 is 11.6 Å². The van der Waals surface area contributed by atoms with E-state index in [0.29, 0.717) is 33.3 Å². The van der Waals surface area contributed by atoms with E-state index in [0.717, 1.165) is 16.7 Å². The fraction of sp³-hybridized carbons (Fsp3) is 0.0909. The van der Waals surface area contributed by atoms with Crippen molar-refractivity contribution < 1.29 is 9.21 Å². The lowest BCUT2D eigenvalue weighted by Crippen LogP contribution is -2.13.